The summed E-state index contributed by atoms with van der Waals surface area (Å²) in [6.07, 6.45) is 0. The minimum Gasteiger partial charge on any atom is -0.344 e. The monoisotopic (exact) mass is 340 g/mol. The summed E-state index contributed by atoms with van der Waals surface area (Å²) in [7, 11) is 0. The molecule has 20 heavy (non-hydrogen) atoms. The quantitative estimate of drug-likeness (QED) is 0.856. The van der Waals surface area contributed by atoms with E-state index in [9.17, 15) is 9.59 Å². The molecule has 0 saturated carbocycles. The Bertz CT molecular complexity index is 461. The van der Waals surface area contributed by atoms with Crippen molar-refractivity contribution in [3.8, 4) is 0 Å². The number of benzene rings is 1. The van der Waals surface area contributed by atoms with Crippen LogP contribution in [0.1, 0.15) is 33.3 Å². The molecular weight excluding hydrogens is 320 g/mol. The minimum atomic E-state index is -0.560. The molecule has 5 heteroatoms. The van der Waals surface area contributed by atoms with Crippen LogP contribution in [-0.2, 0) is 16.1 Å². The Morgan fingerprint density at radius 1 is 1.10 bits per heavy atom. The lowest BCUT2D eigenvalue weighted by molar-refractivity contribution is -0.148. The molecule has 110 valence electrons. The predicted molar refractivity (Wildman–Crippen MR) is 83.1 cm³/mol. The van der Waals surface area contributed by atoms with Crippen molar-refractivity contribution in [1.82, 2.24) is 10.2 Å². The lowest BCUT2D eigenvalue weighted by Gasteiger charge is -2.29. The minimum absolute atomic E-state index is 0.000862. The van der Waals surface area contributed by atoms with Gasteiger partial charge in [0.1, 0.15) is 0 Å². The number of carbonyl (C=O) groups excluding carboxylic acids is 2. The van der Waals surface area contributed by atoms with E-state index in [1.54, 1.807) is 4.90 Å². The molecule has 1 aromatic rings. The zero-order chi connectivity index (χ0) is 15.3. The van der Waals surface area contributed by atoms with Gasteiger partial charge in [-0.3, -0.25) is 9.59 Å². The molecule has 1 aromatic carbocycles. The first kappa shape index (κ1) is 16.7. The fraction of sp³-hybridized carbons (Fsp3) is 0.467. The Balaban J connectivity index is 2.61. The summed E-state index contributed by atoms with van der Waals surface area (Å²) < 4.78 is 0.981. The molecule has 1 rings (SSSR count). The molecule has 0 aliphatic rings. The van der Waals surface area contributed by atoms with Gasteiger partial charge in [0.05, 0.1) is 0 Å². The van der Waals surface area contributed by atoms with Gasteiger partial charge in [0.2, 0.25) is 0 Å². The molecule has 0 saturated heterocycles. The number of nitrogens with zero attached hydrogens (tertiary/aromatic N) is 1. The lowest BCUT2D eigenvalue weighted by atomic mass is 10.2. The van der Waals surface area contributed by atoms with E-state index in [0.717, 1.165) is 10.0 Å². The smallest absolute Gasteiger partial charge is 0.312 e. The first-order valence-corrected chi connectivity index (χ1v) is 7.47. The van der Waals surface area contributed by atoms with E-state index in [2.05, 4.69) is 21.2 Å². The average molecular weight is 341 g/mol. The topological polar surface area (TPSA) is 49.4 Å². The van der Waals surface area contributed by atoms with Crippen LogP contribution in [-0.4, -0.2) is 28.8 Å². The van der Waals surface area contributed by atoms with Gasteiger partial charge in [-0.1, -0.05) is 28.1 Å². The number of hydrogen-bond donors (Lipinski definition) is 1. The number of nitrogens with one attached hydrogen (secondary N) is 1. The van der Waals surface area contributed by atoms with Gasteiger partial charge in [-0.25, -0.2) is 0 Å². The van der Waals surface area contributed by atoms with E-state index >= 15 is 0 Å². The first-order chi connectivity index (χ1) is 9.32. The van der Waals surface area contributed by atoms with Crippen LogP contribution in [0.3, 0.4) is 0 Å². The summed E-state index contributed by atoms with van der Waals surface area (Å²) in [6.45, 7) is 7.96. The van der Waals surface area contributed by atoms with Crippen molar-refractivity contribution >= 4 is 27.7 Å². The molecule has 1 N–H and O–H groups in total. The maximum atomic E-state index is 12.1. The fourth-order valence-corrected chi connectivity index (χ4v) is 2.31. The molecular formula is C15H21BrN2O2. The highest BCUT2D eigenvalue weighted by Gasteiger charge is 2.25. The molecule has 4 nitrogen and oxygen atoms in total. The number of carbonyl (C=O) groups is 2. The standard InChI is InChI=1S/C15H21BrN2O2/c1-10(2)18(11(3)4)15(20)14(19)17-9-12-5-7-13(16)8-6-12/h5-8,10-11H,9H2,1-4H3,(H,17,19). The van der Waals surface area contributed by atoms with Crippen LogP contribution in [0.25, 0.3) is 0 Å². The molecule has 0 aliphatic carbocycles. The number of hydrogen-bond acceptors (Lipinski definition) is 2. The van der Waals surface area contributed by atoms with Crippen LogP contribution in [0.15, 0.2) is 28.7 Å². The Morgan fingerprint density at radius 2 is 1.60 bits per heavy atom. The largest absolute Gasteiger partial charge is 0.344 e. The van der Waals surface area contributed by atoms with E-state index in [0.29, 0.717) is 6.54 Å². The predicted octanol–water partition coefficient (Wildman–Crippen LogP) is 2.71. The van der Waals surface area contributed by atoms with E-state index < -0.39 is 11.8 Å². The molecule has 2 amide bonds. The van der Waals surface area contributed by atoms with Crippen molar-refractivity contribution in [2.45, 2.75) is 46.3 Å². The summed E-state index contributed by atoms with van der Waals surface area (Å²) in [4.78, 5) is 25.6. The van der Waals surface area contributed by atoms with Crippen molar-refractivity contribution < 1.29 is 9.59 Å². The third-order valence-corrected chi connectivity index (χ3v) is 3.44. The first-order valence-electron chi connectivity index (χ1n) is 6.68. The highest BCUT2D eigenvalue weighted by molar-refractivity contribution is 9.10. The molecule has 0 atom stereocenters. The normalized spacial score (nSPS) is 10.8. The summed E-state index contributed by atoms with van der Waals surface area (Å²) in [6, 6.07) is 7.60. The lowest BCUT2D eigenvalue weighted by Crippen LogP contribution is -2.49. The highest BCUT2D eigenvalue weighted by Crippen LogP contribution is 2.10. The van der Waals surface area contributed by atoms with E-state index in [4.69, 9.17) is 0 Å². The molecule has 0 spiro atoms. The Morgan fingerprint density at radius 3 is 2.05 bits per heavy atom. The van der Waals surface area contributed by atoms with Gasteiger partial charge in [-0.2, -0.15) is 0 Å². The maximum Gasteiger partial charge on any atom is 0.312 e. The molecule has 0 fully saturated rings. The molecule has 0 radical (unpaired) electrons. The van der Waals surface area contributed by atoms with Crippen LogP contribution >= 0.6 is 15.9 Å². The average Bonchev–Trinajstić information content (AvgIpc) is 2.36. The molecule has 0 aliphatic heterocycles. The van der Waals surface area contributed by atoms with Crippen molar-refractivity contribution in [3.63, 3.8) is 0 Å². The van der Waals surface area contributed by atoms with Gasteiger partial charge in [0, 0.05) is 23.1 Å². The van der Waals surface area contributed by atoms with Crippen LogP contribution < -0.4 is 5.32 Å². The zero-order valence-electron chi connectivity index (χ0n) is 12.3. The zero-order valence-corrected chi connectivity index (χ0v) is 13.9. The molecule has 0 heterocycles. The molecule has 0 unspecified atom stereocenters. The summed E-state index contributed by atoms with van der Waals surface area (Å²) >= 11 is 3.35. The van der Waals surface area contributed by atoms with Gasteiger partial charge >= 0.3 is 11.8 Å². The second-order valence-corrected chi connectivity index (χ2v) is 6.12. The summed E-state index contributed by atoms with van der Waals surface area (Å²) in [5.41, 5.74) is 0.954. The third kappa shape index (κ3) is 4.63. The highest BCUT2D eigenvalue weighted by atomic mass is 79.9. The van der Waals surface area contributed by atoms with Crippen molar-refractivity contribution in [3.05, 3.63) is 34.3 Å². The van der Waals surface area contributed by atoms with Gasteiger partial charge in [-0.15, -0.1) is 0 Å². The van der Waals surface area contributed by atoms with Crippen molar-refractivity contribution in [2.24, 2.45) is 0 Å². The van der Waals surface area contributed by atoms with Gasteiger partial charge < -0.3 is 10.2 Å². The van der Waals surface area contributed by atoms with Gasteiger partial charge in [0.15, 0.2) is 0 Å². The van der Waals surface area contributed by atoms with Crippen LogP contribution in [0, 0.1) is 0 Å². The second-order valence-electron chi connectivity index (χ2n) is 5.21. The van der Waals surface area contributed by atoms with E-state index in [1.807, 2.05) is 52.0 Å². The maximum absolute atomic E-state index is 12.1. The van der Waals surface area contributed by atoms with Crippen molar-refractivity contribution in [1.29, 1.82) is 0 Å². The number of halogens is 1. The summed E-state index contributed by atoms with van der Waals surface area (Å²) in [5, 5.41) is 2.66. The van der Waals surface area contributed by atoms with Crippen molar-refractivity contribution in [2.75, 3.05) is 0 Å². The third-order valence-electron chi connectivity index (χ3n) is 2.91. The SMILES string of the molecule is CC(C)N(C(=O)C(=O)NCc1ccc(Br)cc1)C(C)C. The Labute approximate surface area is 128 Å². The Kier molecular flexibility index (Phi) is 6.20. The molecule has 0 aromatic heterocycles. The van der Waals surface area contributed by atoms with E-state index in [-0.39, 0.29) is 12.1 Å². The van der Waals surface area contributed by atoms with Crippen LogP contribution in [0.2, 0.25) is 0 Å². The summed E-state index contributed by atoms with van der Waals surface area (Å²) in [5.74, 6) is -1.04. The van der Waals surface area contributed by atoms with Crippen LogP contribution in [0.5, 0.6) is 0 Å². The number of amides is 2. The second kappa shape index (κ2) is 7.43. The van der Waals surface area contributed by atoms with Gasteiger partial charge in [-0.05, 0) is 45.4 Å². The fourth-order valence-electron chi connectivity index (χ4n) is 2.04. The van der Waals surface area contributed by atoms with Crippen LogP contribution in [0.4, 0.5) is 0 Å². The Hall–Kier alpha value is -1.36. The van der Waals surface area contributed by atoms with Gasteiger partial charge in [0.25, 0.3) is 0 Å². The van der Waals surface area contributed by atoms with E-state index in [1.165, 1.54) is 0 Å². The molecule has 0 bridgehead atoms. The number of rotatable bonds is 4.